The number of aromatic amines is 1. The van der Waals surface area contributed by atoms with E-state index in [0.717, 1.165) is 24.9 Å². The number of fused-ring (bicyclic) bond motifs is 1. The van der Waals surface area contributed by atoms with Gasteiger partial charge in [-0.15, -0.1) is 0 Å². The second kappa shape index (κ2) is 6.94. The lowest BCUT2D eigenvalue weighted by atomic mass is 9.94. The van der Waals surface area contributed by atoms with Crippen molar-refractivity contribution in [2.75, 3.05) is 13.1 Å². The summed E-state index contributed by atoms with van der Waals surface area (Å²) in [5.41, 5.74) is 4.04. The number of carbonyl (C=O) groups is 1. The minimum Gasteiger partial charge on any atom is -0.358 e. The third-order valence-electron chi connectivity index (χ3n) is 5.31. The average molecular weight is 350 g/mol. The molecule has 1 saturated heterocycles. The molecular weight excluding hydrogens is 327 g/mol. The lowest BCUT2D eigenvalue weighted by Gasteiger charge is -2.32. The highest BCUT2D eigenvalue weighted by Crippen LogP contribution is 2.29. The van der Waals surface area contributed by atoms with Crippen LogP contribution in [0.1, 0.15) is 35.6 Å². The van der Waals surface area contributed by atoms with Gasteiger partial charge in [-0.05, 0) is 55.0 Å². The minimum absolute atomic E-state index is 0.00626. The van der Waals surface area contributed by atoms with Crippen LogP contribution in [0.4, 0.5) is 4.39 Å². The maximum absolute atomic E-state index is 13.8. The molecule has 4 heteroatoms. The van der Waals surface area contributed by atoms with Gasteiger partial charge >= 0.3 is 0 Å². The Morgan fingerprint density at radius 2 is 2.08 bits per heavy atom. The van der Waals surface area contributed by atoms with Crippen molar-refractivity contribution in [1.82, 2.24) is 9.88 Å². The van der Waals surface area contributed by atoms with Gasteiger partial charge in [0.15, 0.2) is 0 Å². The zero-order valence-corrected chi connectivity index (χ0v) is 15.0. The van der Waals surface area contributed by atoms with E-state index in [1.807, 2.05) is 4.90 Å². The Balaban J connectivity index is 1.49. The smallest absolute Gasteiger partial charge is 0.227 e. The standard InChI is InChI=1S/C22H23FN2O/c1-15-8-9-20-18(11-15)12-21(24-20)17-6-4-10-25(14-17)22(26)13-16-5-2-3-7-19(16)23/h2-3,5,7-9,11-12,17,24H,4,6,10,13-14H2,1H3. The van der Waals surface area contributed by atoms with Gasteiger partial charge in [0, 0.05) is 30.2 Å². The number of halogens is 1. The predicted molar refractivity (Wildman–Crippen MR) is 102 cm³/mol. The predicted octanol–water partition coefficient (Wildman–Crippen LogP) is 4.56. The van der Waals surface area contributed by atoms with Crippen LogP contribution in [0.3, 0.4) is 0 Å². The number of nitrogens with zero attached hydrogens (tertiary/aromatic N) is 1. The van der Waals surface area contributed by atoms with Crippen LogP contribution in [0, 0.1) is 12.7 Å². The van der Waals surface area contributed by atoms with Crippen molar-refractivity contribution in [2.45, 2.75) is 32.1 Å². The molecule has 0 bridgehead atoms. The van der Waals surface area contributed by atoms with E-state index < -0.39 is 0 Å². The number of likely N-dealkylation sites (tertiary alicyclic amines) is 1. The van der Waals surface area contributed by atoms with E-state index in [1.165, 1.54) is 22.7 Å². The molecule has 2 heterocycles. The van der Waals surface area contributed by atoms with E-state index >= 15 is 0 Å². The first kappa shape index (κ1) is 16.8. The number of aromatic nitrogens is 1. The first-order valence-electron chi connectivity index (χ1n) is 9.20. The van der Waals surface area contributed by atoms with Crippen LogP contribution in [-0.4, -0.2) is 28.9 Å². The number of hydrogen-bond donors (Lipinski definition) is 1. The topological polar surface area (TPSA) is 36.1 Å². The summed E-state index contributed by atoms with van der Waals surface area (Å²) >= 11 is 0. The Hall–Kier alpha value is -2.62. The van der Waals surface area contributed by atoms with Gasteiger partial charge in [0.25, 0.3) is 0 Å². The molecule has 1 N–H and O–H groups in total. The Bertz CT molecular complexity index is 946. The summed E-state index contributed by atoms with van der Waals surface area (Å²) in [5, 5.41) is 1.22. The van der Waals surface area contributed by atoms with Crippen LogP contribution in [-0.2, 0) is 11.2 Å². The normalized spacial score (nSPS) is 17.6. The molecule has 2 aromatic carbocycles. The molecule has 3 aromatic rings. The molecule has 1 aromatic heterocycles. The highest BCUT2D eigenvalue weighted by molar-refractivity contribution is 5.81. The third-order valence-corrected chi connectivity index (χ3v) is 5.31. The Morgan fingerprint density at radius 3 is 2.92 bits per heavy atom. The fourth-order valence-electron chi connectivity index (χ4n) is 3.87. The van der Waals surface area contributed by atoms with Gasteiger partial charge in [0.1, 0.15) is 5.82 Å². The van der Waals surface area contributed by atoms with Crippen molar-refractivity contribution < 1.29 is 9.18 Å². The van der Waals surface area contributed by atoms with Crippen LogP contribution in [0.15, 0.2) is 48.5 Å². The SMILES string of the molecule is Cc1ccc2[nH]c(C3CCCN(C(=O)Cc4ccccc4F)C3)cc2c1. The van der Waals surface area contributed by atoms with Gasteiger partial charge in [-0.2, -0.15) is 0 Å². The monoisotopic (exact) mass is 350 g/mol. The van der Waals surface area contributed by atoms with E-state index in [0.29, 0.717) is 18.0 Å². The zero-order chi connectivity index (χ0) is 18.1. The molecule has 0 saturated carbocycles. The first-order valence-corrected chi connectivity index (χ1v) is 9.20. The largest absolute Gasteiger partial charge is 0.358 e. The van der Waals surface area contributed by atoms with Gasteiger partial charge < -0.3 is 9.88 Å². The van der Waals surface area contributed by atoms with Crippen LogP contribution >= 0.6 is 0 Å². The number of benzene rings is 2. The fraction of sp³-hybridized carbons (Fsp3) is 0.318. The molecule has 0 spiro atoms. The summed E-state index contributed by atoms with van der Waals surface area (Å²) in [4.78, 5) is 18.1. The second-order valence-electron chi connectivity index (χ2n) is 7.26. The number of nitrogens with one attached hydrogen (secondary N) is 1. The Morgan fingerprint density at radius 1 is 1.23 bits per heavy atom. The molecule has 26 heavy (non-hydrogen) atoms. The van der Waals surface area contributed by atoms with E-state index in [1.54, 1.807) is 18.2 Å². The second-order valence-corrected chi connectivity index (χ2v) is 7.26. The molecular formula is C22H23FN2O. The highest BCUT2D eigenvalue weighted by atomic mass is 19.1. The molecule has 134 valence electrons. The first-order chi connectivity index (χ1) is 12.6. The lowest BCUT2D eigenvalue weighted by Crippen LogP contribution is -2.40. The quantitative estimate of drug-likeness (QED) is 0.738. The van der Waals surface area contributed by atoms with E-state index in [-0.39, 0.29) is 18.1 Å². The van der Waals surface area contributed by atoms with Gasteiger partial charge in [-0.25, -0.2) is 4.39 Å². The van der Waals surface area contributed by atoms with Crippen LogP contribution in [0.5, 0.6) is 0 Å². The highest BCUT2D eigenvalue weighted by Gasteiger charge is 2.26. The van der Waals surface area contributed by atoms with Gasteiger partial charge in [-0.3, -0.25) is 4.79 Å². The van der Waals surface area contributed by atoms with Crippen molar-refractivity contribution in [3.63, 3.8) is 0 Å². The average Bonchev–Trinajstić information content (AvgIpc) is 3.07. The van der Waals surface area contributed by atoms with Crippen molar-refractivity contribution in [3.8, 4) is 0 Å². The Labute approximate surface area is 152 Å². The maximum atomic E-state index is 13.8. The number of hydrogen-bond acceptors (Lipinski definition) is 1. The number of H-pyrrole nitrogens is 1. The number of aryl methyl sites for hydroxylation is 1. The van der Waals surface area contributed by atoms with Crippen LogP contribution in [0.25, 0.3) is 10.9 Å². The van der Waals surface area contributed by atoms with E-state index in [9.17, 15) is 9.18 Å². The van der Waals surface area contributed by atoms with Crippen molar-refractivity contribution in [3.05, 3.63) is 71.2 Å². The Kier molecular flexibility index (Phi) is 4.49. The molecule has 0 radical (unpaired) electrons. The van der Waals surface area contributed by atoms with Crippen molar-refractivity contribution >= 4 is 16.8 Å². The molecule has 1 fully saturated rings. The molecule has 1 aliphatic rings. The van der Waals surface area contributed by atoms with E-state index in [4.69, 9.17) is 0 Å². The third kappa shape index (κ3) is 3.36. The number of amides is 1. The van der Waals surface area contributed by atoms with Crippen LogP contribution < -0.4 is 0 Å². The van der Waals surface area contributed by atoms with Crippen molar-refractivity contribution in [2.24, 2.45) is 0 Å². The number of piperidine rings is 1. The molecule has 0 aliphatic carbocycles. The molecule has 1 unspecified atom stereocenters. The fourth-order valence-corrected chi connectivity index (χ4v) is 3.87. The van der Waals surface area contributed by atoms with Crippen molar-refractivity contribution in [1.29, 1.82) is 0 Å². The van der Waals surface area contributed by atoms with E-state index in [2.05, 4.69) is 36.2 Å². The molecule has 4 rings (SSSR count). The minimum atomic E-state index is -0.305. The zero-order valence-electron chi connectivity index (χ0n) is 15.0. The molecule has 3 nitrogen and oxygen atoms in total. The number of carbonyl (C=O) groups excluding carboxylic acids is 1. The number of rotatable bonds is 3. The summed E-state index contributed by atoms with van der Waals surface area (Å²) in [6, 6.07) is 15.1. The summed E-state index contributed by atoms with van der Waals surface area (Å²) in [6.45, 7) is 3.54. The van der Waals surface area contributed by atoms with Gasteiger partial charge in [0.05, 0.1) is 6.42 Å². The summed E-state index contributed by atoms with van der Waals surface area (Å²) in [7, 11) is 0. The molecule has 1 aliphatic heterocycles. The molecule has 1 amide bonds. The lowest BCUT2D eigenvalue weighted by molar-refractivity contribution is -0.131. The van der Waals surface area contributed by atoms with Gasteiger partial charge in [0.2, 0.25) is 5.91 Å². The van der Waals surface area contributed by atoms with Crippen LogP contribution in [0.2, 0.25) is 0 Å². The van der Waals surface area contributed by atoms with Gasteiger partial charge in [-0.1, -0.05) is 29.8 Å². The summed E-state index contributed by atoms with van der Waals surface area (Å²) in [5.74, 6) is 0.00757. The summed E-state index contributed by atoms with van der Waals surface area (Å²) in [6.07, 6.45) is 2.17. The molecule has 1 atom stereocenters. The summed E-state index contributed by atoms with van der Waals surface area (Å²) < 4.78 is 13.8. The maximum Gasteiger partial charge on any atom is 0.227 e.